The second-order valence-electron chi connectivity index (χ2n) is 2.23. The molecule has 0 bridgehead atoms. The largest absolute Gasteiger partial charge is 0.459 e. The van der Waals surface area contributed by atoms with Gasteiger partial charge >= 0.3 is 18.1 Å². The maximum Gasteiger partial charge on any atom is 0.459 e. The van der Waals surface area contributed by atoms with E-state index in [1.165, 1.54) is 13.8 Å². The van der Waals surface area contributed by atoms with E-state index >= 15 is 0 Å². The zero-order valence-corrected chi connectivity index (χ0v) is 8.20. The molecule has 9 heteroatoms. The monoisotopic (exact) mass is 254 g/mol. The predicted octanol–water partition coefficient (Wildman–Crippen LogP) is 2.09. The van der Waals surface area contributed by atoms with Gasteiger partial charge in [-0.25, -0.2) is 0 Å². The highest BCUT2D eigenvalue weighted by atomic mass is 19.4. The van der Waals surface area contributed by atoms with Crippen LogP contribution in [0.25, 0.3) is 0 Å². The molecule has 96 valence electrons. The van der Waals surface area contributed by atoms with Gasteiger partial charge in [0, 0.05) is 0 Å². The summed E-state index contributed by atoms with van der Waals surface area (Å²) < 4.78 is 65.3. The first-order chi connectivity index (χ1) is 6.89. The first kappa shape index (κ1) is 20.1. The quantitative estimate of drug-likeness (QED) is 0.622. The molecule has 0 atom stereocenters. The summed E-state index contributed by atoms with van der Waals surface area (Å²) in [5.74, 6) is -3.51. The molecule has 0 rings (SSSR count). The summed E-state index contributed by atoms with van der Waals surface area (Å²) in [4.78, 5) is 26.7. The highest BCUT2D eigenvalue weighted by molar-refractivity contribution is 5.89. The van der Waals surface area contributed by atoms with Crippen LogP contribution < -0.4 is 0 Å². The van der Waals surface area contributed by atoms with Crippen LogP contribution in [0.3, 0.4) is 0 Å². The van der Waals surface area contributed by atoms with Gasteiger partial charge in [-0.3, -0.25) is 4.79 Å². The molecule has 0 aromatic rings. The van der Waals surface area contributed by atoms with Crippen molar-refractivity contribution < 1.29 is 40.7 Å². The minimum atomic E-state index is -5.82. The number of hydrogen-bond donors (Lipinski definition) is 0. The Morgan fingerprint density at radius 3 is 0.938 bits per heavy atom. The van der Waals surface area contributed by atoms with Crippen LogP contribution in [0.2, 0.25) is 0 Å². The topological polar surface area (TPSA) is 51.2 Å². The van der Waals surface area contributed by atoms with Crippen molar-refractivity contribution in [1.82, 2.24) is 0 Å². The van der Waals surface area contributed by atoms with Crippen LogP contribution in [-0.4, -0.2) is 30.7 Å². The van der Waals surface area contributed by atoms with Gasteiger partial charge in [-0.2, -0.15) is 26.3 Å². The highest BCUT2D eigenvalue weighted by Gasteiger charge is 2.55. The predicted molar refractivity (Wildman–Crippen MR) is 40.6 cm³/mol. The molecule has 0 aromatic carbocycles. The molecule has 0 unspecified atom stereocenters. The summed E-state index contributed by atoms with van der Waals surface area (Å²) in [5, 5.41) is 0. The van der Waals surface area contributed by atoms with E-state index in [0.717, 1.165) is 0 Å². The standard InChI is InChI=1S/C3F6O.C3H6O.CH2O/c4-2(5,6)1(10)3(7,8)9;1-3(2)4;1-2/h;1-2H3;1H2. The number of alkyl halides is 6. The fourth-order valence-electron chi connectivity index (χ4n) is 0.161. The van der Waals surface area contributed by atoms with Crippen molar-refractivity contribution in [2.45, 2.75) is 26.2 Å². The molecule has 0 radical (unpaired) electrons. The number of ketones is 2. The average Bonchev–Trinajstić information content (AvgIpc) is 2.02. The lowest BCUT2D eigenvalue weighted by molar-refractivity contribution is -0.217. The third kappa shape index (κ3) is 15.1. The SMILES string of the molecule is C=O.CC(C)=O.O=C(C(F)(F)F)C(F)(F)F. The molecule has 16 heavy (non-hydrogen) atoms. The number of rotatable bonds is 0. The summed E-state index contributed by atoms with van der Waals surface area (Å²) in [7, 11) is 0. The number of carbonyl (C=O) groups excluding carboxylic acids is 3. The molecule has 0 fully saturated rings. The van der Waals surface area contributed by atoms with E-state index in [1.807, 2.05) is 6.79 Å². The summed E-state index contributed by atoms with van der Waals surface area (Å²) >= 11 is 0. The zero-order valence-electron chi connectivity index (χ0n) is 8.20. The first-order valence-electron chi connectivity index (χ1n) is 3.33. The summed E-state index contributed by atoms with van der Waals surface area (Å²) in [5.41, 5.74) is 0. The molecule has 0 N–H and O–H groups in total. The fourth-order valence-corrected chi connectivity index (χ4v) is 0.161. The molecule has 0 amide bonds. The van der Waals surface area contributed by atoms with E-state index < -0.39 is 18.1 Å². The van der Waals surface area contributed by atoms with Crippen LogP contribution in [0.5, 0.6) is 0 Å². The molecule has 0 spiro atoms. The van der Waals surface area contributed by atoms with E-state index in [2.05, 4.69) is 0 Å². The van der Waals surface area contributed by atoms with Gasteiger partial charge in [0.15, 0.2) is 0 Å². The number of halogens is 6. The van der Waals surface area contributed by atoms with Crippen LogP contribution >= 0.6 is 0 Å². The van der Waals surface area contributed by atoms with Gasteiger partial charge in [-0.05, 0) is 13.8 Å². The van der Waals surface area contributed by atoms with Gasteiger partial charge in [0.1, 0.15) is 12.6 Å². The normalized spacial score (nSPS) is 10.2. The minimum absolute atomic E-state index is 0.167. The van der Waals surface area contributed by atoms with Crippen LogP contribution in [0.1, 0.15) is 13.8 Å². The maximum absolute atomic E-state index is 10.9. The summed E-state index contributed by atoms with van der Waals surface area (Å²) in [6.45, 7) is 5.06. The maximum atomic E-state index is 10.9. The van der Waals surface area contributed by atoms with Gasteiger partial charge in [-0.1, -0.05) is 0 Å². The van der Waals surface area contributed by atoms with Gasteiger partial charge < -0.3 is 9.59 Å². The second kappa shape index (κ2) is 7.83. The first-order valence-corrected chi connectivity index (χ1v) is 3.33. The van der Waals surface area contributed by atoms with Crippen molar-refractivity contribution in [3.63, 3.8) is 0 Å². The molecule has 0 heterocycles. The number of Topliss-reactive ketones (excluding diaryl/α,β-unsaturated/α-hetero) is 2. The molecule has 3 nitrogen and oxygen atoms in total. The van der Waals surface area contributed by atoms with Crippen molar-refractivity contribution >= 4 is 18.4 Å². The van der Waals surface area contributed by atoms with Crippen LogP contribution in [0, 0.1) is 0 Å². The third-order valence-corrected chi connectivity index (χ3v) is 0.515. The molecule has 0 aliphatic carbocycles. The zero-order chi connectivity index (χ0) is 14.2. The van der Waals surface area contributed by atoms with E-state index in [0.29, 0.717) is 0 Å². The Labute approximate surface area is 86.4 Å². The molecule has 0 saturated carbocycles. The van der Waals surface area contributed by atoms with Crippen molar-refractivity contribution in [3.05, 3.63) is 0 Å². The van der Waals surface area contributed by atoms with Crippen molar-refractivity contribution in [1.29, 1.82) is 0 Å². The molecule has 0 aliphatic rings. The molecule has 0 saturated heterocycles. The van der Waals surface area contributed by atoms with Crippen LogP contribution in [0.15, 0.2) is 0 Å². The Morgan fingerprint density at radius 2 is 0.938 bits per heavy atom. The van der Waals surface area contributed by atoms with Gasteiger partial charge in [0.25, 0.3) is 0 Å². The minimum Gasteiger partial charge on any atom is -0.307 e. The van der Waals surface area contributed by atoms with Crippen molar-refractivity contribution in [2.24, 2.45) is 0 Å². The molecule has 0 aromatic heterocycles. The van der Waals surface area contributed by atoms with Crippen molar-refractivity contribution in [3.8, 4) is 0 Å². The Balaban J connectivity index is -0.000000237. The van der Waals surface area contributed by atoms with E-state index in [1.54, 1.807) is 0 Å². The molecular formula is C7H8F6O3. The summed E-state index contributed by atoms with van der Waals surface area (Å²) in [6, 6.07) is 0. The summed E-state index contributed by atoms with van der Waals surface area (Å²) in [6.07, 6.45) is -11.6. The number of carbonyl (C=O) groups is 3. The van der Waals surface area contributed by atoms with E-state index in [9.17, 15) is 35.9 Å². The van der Waals surface area contributed by atoms with Gasteiger partial charge in [0.05, 0.1) is 0 Å². The Kier molecular flexibility index (Phi) is 9.81. The Bertz CT molecular complexity index is 209. The fraction of sp³-hybridized carbons (Fsp3) is 0.571. The lowest BCUT2D eigenvalue weighted by Gasteiger charge is -2.06. The van der Waals surface area contributed by atoms with E-state index in [-0.39, 0.29) is 5.78 Å². The molecular weight excluding hydrogens is 246 g/mol. The van der Waals surface area contributed by atoms with Crippen molar-refractivity contribution in [2.75, 3.05) is 0 Å². The Morgan fingerprint density at radius 1 is 0.812 bits per heavy atom. The van der Waals surface area contributed by atoms with Crippen LogP contribution in [0.4, 0.5) is 26.3 Å². The van der Waals surface area contributed by atoms with E-state index in [4.69, 9.17) is 4.79 Å². The third-order valence-electron chi connectivity index (χ3n) is 0.515. The Hall–Kier alpha value is -1.41. The lowest BCUT2D eigenvalue weighted by Crippen LogP contribution is -2.36. The average molecular weight is 254 g/mol. The molecule has 0 aliphatic heterocycles. The highest BCUT2D eigenvalue weighted by Crippen LogP contribution is 2.28. The number of hydrogen-bond acceptors (Lipinski definition) is 3. The van der Waals surface area contributed by atoms with Gasteiger partial charge in [-0.15, -0.1) is 0 Å². The second-order valence-corrected chi connectivity index (χ2v) is 2.23. The lowest BCUT2D eigenvalue weighted by atomic mass is 10.4. The smallest absolute Gasteiger partial charge is 0.307 e. The van der Waals surface area contributed by atoms with Crippen LogP contribution in [-0.2, 0) is 14.4 Å². The van der Waals surface area contributed by atoms with Gasteiger partial charge in [0.2, 0.25) is 0 Å².